The number of piperidine rings is 1. The molecule has 31 heavy (non-hydrogen) atoms. The van der Waals surface area contributed by atoms with Crippen LogP contribution >= 0.6 is 0 Å². The van der Waals surface area contributed by atoms with E-state index < -0.39 is 0 Å². The van der Waals surface area contributed by atoms with Gasteiger partial charge in [0.2, 0.25) is 12.7 Å². The molecule has 0 unspecified atom stereocenters. The zero-order valence-electron chi connectivity index (χ0n) is 18.3. The van der Waals surface area contributed by atoms with Crippen LogP contribution in [-0.4, -0.2) is 43.3 Å². The van der Waals surface area contributed by atoms with Crippen LogP contribution in [0.25, 0.3) is 0 Å². The number of nitrogens with one attached hydrogen (secondary N) is 1. The van der Waals surface area contributed by atoms with Gasteiger partial charge >= 0.3 is 0 Å². The number of benzene rings is 1. The molecule has 0 bridgehead atoms. The first-order chi connectivity index (χ1) is 15.2. The van der Waals surface area contributed by atoms with Crippen molar-refractivity contribution in [2.45, 2.75) is 69.7 Å². The largest absolute Gasteiger partial charge is 0.454 e. The number of nitriles is 1. The summed E-state index contributed by atoms with van der Waals surface area (Å²) in [7, 11) is 0. The summed E-state index contributed by atoms with van der Waals surface area (Å²) in [5.74, 6) is 3.17. The molecule has 2 heterocycles. The van der Waals surface area contributed by atoms with Crippen LogP contribution in [0.2, 0.25) is 0 Å². The maximum Gasteiger partial charge on any atom is 0.234 e. The molecule has 1 aromatic rings. The van der Waals surface area contributed by atoms with Crippen LogP contribution in [0.5, 0.6) is 11.5 Å². The van der Waals surface area contributed by atoms with Gasteiger partial charge in [-0.2, -0.15) is 5.26 Å². The molecule has 0 aromatic heterocycles. The summed E-state index contributed by atoms with van der Waals surface area (Å²) >= 11 is 0. The summed E-state index contributed by atoms with van der Waals surface area (Å²) in [6.07, 6.45) is 9.82. The van der Waals surface area contributed by atoms with Gasteiger partial charge in [-0.3, -0.25) is 4.79 Å². The summed E-state index contributed by atoms with van der Waals surface area (Å²) in [4.78, 5) is 14.3. The maximum atomic E-state index is 11.7. The van der Waals surface area contributed by atoms with Crippen LogP contribution in [-0.2, 0) is 4.79 Å². The first-order valence-electron chi connectivity index (χ1n) is 11.9. The van der Waals surface area contributed by atoms with Gasteiger partial charge in [-0.1, -0.05) is 12.1 Å². The van der Waals surface area contributed by atoms with E-state index in [1.165, 1.54) is 70.1 Å². The Morgan fingerprint density at radius 3 is 2.77 bits per heavy atom. The third-order valence-electron chi connectivity index (χ3n) is 8.17. The van der Waals surface area contributed by atoms with E-state index in [0.29, 0.717) is 24.2 Å². The lowest BCUT2D eigenvalue weighted by Gasteiger charge is -2.35. The smallest absolute Gasteiger partial charge is 0.234 e. The number of para-hydroxylation sites is 1. The predicted molar refractivity (Wildman–Crippen MR) is 117 cm³/mol. The van der Waals surface area contributed by atoms with Crippen molar-refractivity contribution < 1.29 is 14.3 Å². The fourth-order valence-electron chi connectivity index (χ4n) is 6.07. The number of hydrogen-bond donors (Lipinski definition) is 1. The Labute approximate surface area is 184 Å². The van der Waals surface area contributed by atoms with Crippen molar-refractivity contribution >= 4 is 5.91 Å². The number of fused-ring (bicyclic) bond motifs is 1. The predicted octanol–water partition coefficient (Wildman–Crippen LogP) is 3.96. The highest BCUT2D eigenvalue weighted by molar-refractivity contribution is 5.78. The Balaban J connectivity index is 1.03. The zero-order chi connectivity index (χ0) is 21.3. The molecular formula is C25H33N3O3. The molecule has 0 radical (unpaired) electrons. The van der Waals surface area contributed by atoms with Crippen LogP contribution < -0.4 is 14.8 Å². The maximum absolute atomic E-state index is 11.7. The normalized spacial score (nSPS) is 30.2. The Hall–Kier alpha value is -2.26. The summed E-state index contributed by atoms with van der Waals surface area (Å²) in [5.41, 5.74) is 1.68. The number of rotatable bonds is 6. The molecule has 3 fully saturated rings. The highest BCUT2D eigenvalue weighted by Crippen LogP contribution is 2.57. The quantitative estimate of drug-likeness (QED) is 0.750. The Kier molecular flexibility index (Phi) is 5.79. The van der Waals surface area contributed by atoms with E-state index in [4.69, 9.17) is 14.7 Å². The second-order valence-electron chi connectivity index (χ2n) is 9.95. The van der Waals surface area contributed by atoms with Crippen LogP contribution in [0.1, 0.15) is 69.3 Å². The van der Waals surface area contributed by atoms with E-state index in [2.05, 4.69) is 22.3 Å². The first kappa shape index (κ1) is 20.6. The third-order valence-corrected chi connectivity index (χ3v) is 8.17. The molecule has 5 rings (SSSR count). The number of amides is 1. The number of carbonyl (C=O) groups is 1. The number of likely N-dealkylation sites (tertiary alicyclic amines) is 1. The highest BCUT2D eigenvalue weighted by Gasteiger charge is 2.55. The molecular weight excluding hydrogens is 390 g/mol. The summed E-state index contributed by atoms with van der Waals surface area (Å²) in [5, 5.41) is 11.7. The van der Waals surface area contributed by atoms with Gasteiger partial charge in [-0.25, -0.2) is 0 Å². The number of ether oxygens (including phenoxy) is 2. The van der Waals surface area contributed by atoms with Crippen LogP contribution in [0.4, 0.5) is 0 Å². The second kappa shape index (κ2) is 8.70. The van der Waals surface area contributed by atoms with Gasteiger partial charge in [0.15, 0.2) is 11.5 Å². The molecule has 1 atom stereocenters. The van der Waals surface area contributed by atoms with Gasteiger partial charge in [0.25, 0.3) is 0 Å². The van der Waals surface area contributed by atoms with E-state index in [9.17, 15) is 4.79 Å². The van der Waals surface area contributed by atoms with Crippen LogP contribution in [0.3, 0.4) is 0 Å². The number of nitrogens with zero attached hydrogens (tertiary/aromatic N) is 2. The zero-order valence-corrected chi connectivity index (χ0v) is 18.3. The summed E-state index contributed by atoms with van der Waals surface area (Å²) < 4.78 is 11.3. The minimum Gasteiger partial charge on any atom is -0.454 e. The van der Waals surface area contributed by atoms with E-state index in [0.717, 1.165) is 23.8 Å². The number of hydrogen-bond acceptors (Lipinski definition) is 5. The van der Waals surface area contributed by atoms with Crippen molar-refractivity contribution in [2.24, 2.45) is 11.3 Å². The lowest BCUT2D eigenvalue weighted by Crippen LogP contribution is -2.35. The van der Waals surface area contributed by atoms with E-state index in [-0.39, 0.29) is 12.3 Å². The average Bonchev–Trinajstić information content (AvgIpc) is 3.20. The van der Waals surface area contributed by atoms with Gasteiger partial charge in [-0.15, -0.1) is 0 Å². The van der Waals surface area contributed by atoms with E-state index >= 15 is 0 Å². The number of carbonyl (C=O) groups excluding carboxylic acids is 1. The second-order valence-corrected chi connectivity index (χ2v) is 9.95. The first-order valence-corrected chi connectivity index (χ1v) is 11.9. The van der Waals surface area contributed by atoms with Crippen molar-refractivity contribution in [3.8, 4) is 17.6 Å². The topological polar surface area (TPSA) is 74.6 Å². The van der Waals surface area contributed by atoms with Crippen molar-refractivity contribution in [2.75, 3.05) is 26.4 Å². The van der Waals surface area contributed by atoms with Gasteiger partial charge in [-0.05, 0) is 94.3 Å². The molecule has 6 nitrogen and oxygen atoms in total. The van der Waals surface area contributed by atoms with Crippen molar-refractivity contribution in [1.82, 2.24) is 10.2 Å². The lowest BCUT2D eigenvalue weighted by atomic mass is 9.78. The van der Waals surface area contributed by atoms with Crippen LogP contribution in [0.15, 0.2) is 18.2 Å². The highest BCUT2D eigenvalue weighted by atomic mass is 16.7. The molecule has 1 N–H and O–H groups in total. The molecule has 1 saturated heterocycles. The van der Waals surface area contributed by atoms with Gasteiger partial charge in [0, 0.05) is 11.6 Å². The SMILES string of the molecule is N#CCC(=O)N[C@H]1CC12CCC(CCN1CCC(c3cccc4c3OCO4)CC1)CC2. The van der Waals surface area contributed by atoms with Crippen molar-refractivity contribution in [3.63, 3.8) is 0 Å². The fourth-order valence-corrected chi connectivity index (χ4v) is 6.07. The summed E-state index contributed by atoms with van der Waals surface area (Å²) in [6, 6.07) is 8.56. The Bertz CT molecular complexity index is 848. The minimum absolute atomic E-state index is 0.0144. The average molecular weight is 424 g/mol. The molecule has 1 amide bonds. The lowest BCUT2D eigenvalue weighted by molar-refractivity contribution is -0.120. The van der Waals surface area contributed by atoms with E-state index in [1.807, 2.05) is 12.1 Å². The Morgan fingerprint density at radius 2 is 2.00 bits per heavy atom. The molecule has 2 saturated carbocycles. The van der Waals surface area contributed by atoms with Crippen molar-refractivity contribution in [3.05, 3.63) is 23.8 Å². The standard InChI is InChI=1S/C25H33N3O3/c26-12-6-23(29)27-22-16-25(22)10-4-18(5-11-25)7-13-28-14-8-19(9-15-28)20-2-1-3-21-24(20)31-17-30-21/h1-3,18-19,22H,4-11,13-17H2,(H,27,29)/t18?,22-,25?/m0/s1. The van der Waals surface area contributed by atoms with Gasteiger partial charge in [0.05, 0.1) is 6.07 Å². The molecule has 4 aliphatic rings. The molecule has 2 aliphatic carbocycles. The molecule has 1 aromatic carbocycles. The molecule has 2 aliphatic heterocycles. The third kappa shape index (κ3) is 4.39. The van der Waals surface area contributed by atoms with Crippen molar-refractivity contribution in [1.29, 1.82) is 5.26 Å². The minimum atomic E-state index is -0.102. The van der Waals surface area contributed by atoms with Crippen LogP contribution in [0, 0.1) is 22.7 Å². The Morgan fingerprint density at radius 1 is 1.19 bits per heavy atom. The fraction of sp³-hybridized carbons (Fsp3) is 0.680. The van der Waals surface area contributed by atoms with Gasteiger partial charge in [0.1, 0.15) is 6.42 Å². The molecule has 6 heteroatoms. The summed E-state index contributed by atoms with van der Waals surface area (Å²) in [6.45, 7) is 3.89. The van der Waals surface area contributed by atoms with Gasteiger partial charge < -0.3 is 19.7 Å². The van der Waals surface area contributed by atoms with E-state index in [1.54, 1.807) is 0 Å². The monoisotopic (exact) mass is 423 g/mol. The molecule has 1 spiro atoms. The molecule has 166 valence electrons.